The number of aromatic nitrogens is 2. The fraction of sp³-hybridized carbons (Fsp3) is 0. The lowest BCUT2D eigenvalue weighted by atomic mass is 9.98. The molecular weight excluding hydrogens is 518 g/mol. The van der Waals surface area contributed by atoms with Gasteiger partial charge in [-0.15, -0.1) is 0 Å². The molecule has 0 bridgehead atoms. The Morgan fingerprint density at radius 1 is 0.595 bits per heavy atom. The van der Waals surface area contributed by atoms with Crippen molar-refractivity contribution >= 4 is 49.2 Å². The molecule has 0 unspecified atom stereocenters. The van der Waals surface area contributed by atoms with Crippen molar-refractivity contribution in [2.45, 2.75) is 0 Å². The minimum Gasteiger partial charge on any atom is -0.457 e. The van der Waals surface area contributed by atoms with E-state index in [1.165, 1.54) is 0 Å². The van der Waals surface area contributed by atoms with E-state index in [1.807, 2.05) is 97.1 Å². The van der Waals surface area contributed by atoms with E-state index in [-0.39, 0.29) is 0 Å². The Hall–Kier alpha value is -5.99. The number of pyridine rings is 2. The van der Waals surface area contributed by atoms with Crippen molar-refractivity contribution in [1.29, 1.82) is 0 Å². The third-order valence-electron chi connectivity index (χ3n) is 7.60. The van der Waals surface area contributed by atoms with Crippen LogP contribution in [0.5, 0.6) is 11.5 Å². The van der Waals surface area contributed by atoms with Crippen molar-refractivity contribution in [2.75, 3.05) is 0 Å². The Labute approximate surface area is 241 Å². The molecule has 3 heterocycles. The van der Waals surface area contributed by atoms with E-state index >= 15 is 0 Å². The lowest BCUT2D eigenvalue weighted by Gasteiger charge is -2.10. The minimum atomic E-state index is 0.631. The van der Waals surface area contributed by atoms with Crippen LogP contribution >= 0.6 is 0 Å². The summed E-state index contributed by atoms with van der Waals surface area (Å²) in [5, 5.41) is 5.77. The maximum absolute atomic E-state index is 7.73. The van der Waals surface area contributed by atoms with E-state index in [0.29, 0.717) is 17.2 Å². The highest BCUT2D eigenvalue weighted by atomic mass is 16.5. The molecule has 0 fully saturated rings. The van der Waals surface area contributed by atoms with Gasteiger partial charge in [-0.05, 0) is 76.8 Å². The maximum Gasteiger partial charge on any atom is 0.195 e. The summed E-state index contributed by atoms with van der Waals surface area (Å²) in [6.45, 7) is 7.73. The number of hydrogen-bond acceptors (Lipinski definition) is 4. The van der Waals surface area contributed by atoms with Gasteiger partial charge in [-0.2, -0.15) is 0 Å². The first kappa shape index (κ1) is 23.9. The number of fused-ring (bicyclic) bond motifs is 7. The van der Waals surface area contributed by atoms with E-state index in [0.717, 1.165) is 66.0 Å². The average Bonchev–Trinajstić information content (AvgIpc) is 3.43. The van der Waals surface area contributed by atoms with Crippen molar-refractivity contribution in [3.8, 4) is 34.0 Å². The van der Waals surface area contributed by atoms with Gasteiger partial charge >= 0.3 is 0 Å². The van der Waals surface area contributed by atoms with Gasteiger partial charge in [-0.1, -0.05) is 54.6 Å². The Balaban J connectivity index is 1.37. The second-order valence-electron chi connectivity index (χ2n) is 10.1. The molecule has 8 rings (SSSR count). The van der Waals surface area contributed by atoms with Gasteiger partial charge in [0.1, 0.15) is 22.7 Å². The molecule has 0 aliphatic heterocycles. The normalized spacial score (nSPS) is 11.3. The molecule has 0 saturated heterocycles. The number of hydrogen-bond donors (Lipinski definition) is 0. The van der Waals surface area contributed by atoms with Crippen LogP contribution in [-0.4, -0.2) is 9.97 Å². The van der Waals surface area contributed by atoms with Crippen LogP contribution in [0.15, 0.2) is 132 Å². The van der Waals surface area contributed by atoms with E-state index in [4.69, 9.17) is 15.7 Å². The fourth-order valence-corrected chi connectivity index (χ4v) is 5.73. The molecule has 42 heavy (non-hydrogen) atoms. The maximum atomic E-state index is 7.73. The highest BCUT2D eigenvalue weighted by molar-refractivity contribution is 6.26. The average molecular weight is 540 g/mol. The number of nitrogens with zero attached hydrogens (tertiary/aromatic N) is 3. The molecule has 0 radical (unpaired) electrons. The standard InChI is InChI=1S/C37H21N3O2/c1-38-34-20-24-15-16-29-30-21-26(41-25-10-8-9-23(19-25)32-13-4-6-17-39-32)22-31(33-14-5-7-18-40-33)36(30)42-37(29)35(24)28-12-3-2-11-27(28)34/h2-22H. The lowest BCUT2D eigenvalue weighted by molar-refractivity contribution is 0.483. The predicted molar refractivity (Wildman–Crippen MR) is 168 cm³/mol. The molecular formula is C37H21N3O2. The third kappa shape index (κ3) is 3.86. The summed E-state index contributed by atoms with van der Waals surface area (Å²) in [6, 6.07) is 37.8. The van der Waals surface area contributed by atoms with Crippen LogP contribution < -0.4 is 4.74 Å². The summed E-state index contributed by atoms with van der Waals surface area (Å²) < 4.78 is 13.2. The van der Waals surface area contributed by atoms with Crippen LogP contribution in [0.4, 0.5) is 5.69 Å². The zero-order valence-corrected chi connectivity index (χ0v) is 22.3. The molecule has 0 saturated carbocycles. The van der Waals surface area contributed by atoms with Crippen molar-refractivity contribution in [1.82, 2.24) is 9.97 Å². The molecule has 0 N–H and O–H groups in total. The molecule has 196 valence electrons. The molecule has 5 nitrogen and oxygen atoms in total. The second-order valence-corrected chi connectivity index (χ2v) is 10.1. The molecule has 0 atom stereocenters. The topological polar surface area (TPSA) is 52.5 Å². The van der Waals surface area contributed by atoms with Crippen LogP contribution in [0.25, 0.3) is 70.8 Å². The van der Waals surface area contributed by atoms with Gasteiger partial charge in [0.05, 0.1) is 18.0 Å². The zero-order chi connectivity index (χ0) is 28.0. The quantitative estimate of drug-likeness (QED) is 0.165. The highest BCUT2D eigenvalue weighted by Gasteiger charge is 2.19. The van der Waals surface area contributed by atoms with Gasteiger partial charge in [0, 0.05) is 39.7 Å². The first-order valence-electron chi connectivity index (χ1n) is 13.6. The molecule has 5 aromatic carbocycles. The van der Waals surface area contributed by atoms with Crippen molar-refractivity contribution in [3.63, 3.8) is 0 Å². The summed E-state index contributed by atoms with van der Waals surface area (Å²) in [6.07, 6.45) is 3.57. The van der Waals surface area contributed by atoms with E-state index in [2.05, 4.69) is 33.0 Å². The Bertz CT molecular complexity index is 2340. The highest BCUT2D eigenvalue weighted by Crippen LogP contribution is 2.44. The number of ether oxygens (including phenoxy) is 1. The molecule has 3 aromatic heterocycles. The van der Waals surface area contributed by atoms with Crippen molar-refractivity contribution < 1.29 is 9.15 Å². The van der Waals surface area contributed by atoms with Crippen molar-refractivity contribution in [2.24, 2.45) is 0 Å². The van der Waals surface area contributed by atoms with Gasteiger partial charge in [-0.25, -0.2) is 4.85 Å². The number of benzene rings is 5. The Morgan fingerprint density at radius 3 is 2.17 bits per heavy atom. The van der Waals surface area contributed by atoms with Crippen LogP contribution in [0.2, 0.25) is 0 Å². The van der Waals surface area contributed by atoms with Crippen LogP contribution in [0, 0.1) is 6.57 Å². The summed E-state index contributed by atoms with van der Waals surface area (Å²) in [7, 11) is 0. The minimum absolute atomic E-state index is 0.631. The van der Waals surface area contributed by atoms with Gasteiger partial charge < -0.3 is 9.15 Å². The van der Waals surface area contributed by atoms with Gasteiger partial charge in [-0.3, -0.25) is 9.97 Å². The van der Waals surface area contributed by atoms with Crippen LogP contribution in [0.3, 0.4) is 0 Å². The van der Waals surface area contributed by atoms with Gasteiger partial charge in [0.25, 0.3) is 0 Å². The van der Waals surface area contributed by atoms with Crippen LogP contribution in [-0.2, 0) is 0 Å². The molecule has 0 aliphatic carbocycles. The second kappa shape index (κ2) is 9.58. The fourth-order valence-electron chi connectivity index (χ4n) is 5.73. The molecule has 5 heteroatoms. The van der Waals surface area contributed by atoms with Crippen LogP contribution in [0.1, 0.15) is 0 Å². The molecule has 0 spiro atoms. The summed E-state index contributed by atoms with van der Waals surface area (Å²) in [5.74, 6) is 1.39. The summed E-state index contributed by atoms with van der Waals surface area (Å²) in [5.41, 5.74) is 5.64. The monoisotopic (exact) mass is 539 g/mol. The third-order valence-corrected chi connectivity index (χ3v) is 7.60. The Kier molecular flexibility index (Phi) is 5.44. The SMILES string of the molecule is [C-]#[N+]c1cc2ccc3c4cc(Oc5cccc(-c6ccccn6)c5)cc(-c5ccccn5)c4oc3c2c2ccccc12. The largest absolute Gasteiger partial charge is 0.457 e. The van der Waals surface area contributed by atoms with Crippen molar-refractivity contribution in [3.05, 3.63) is 139 Å². The first-order chi connectivity index (χ1) is 20.8. The van der Waals surface area contributed by atoms with E-state index < -0.39 is 0 Å². The molecule has 0 aliphatic rings. The lowest BCUT2D eigenvalue weighted by Crippen LogP contribution is -1.89. The van der Waals surface area contributed by atoms with E-state index in [9.17, 15) is 0 Å². The first-order valence-corrected chi connectivity index (χ1v) is 13.6. The van der Waals surface area contributed by atoms with Gasteiger partial charge in [0.2, 0.25) is 0 Å². The van der Waals surface area contributed by atoms with E-state index in [1.54, 1.807) is 12.4 Å². The predicted octanol–water partition coefficient (Wildman–Crippen LogP) is 10.4. The number of rotatable bonds is 4. The number of furan rings is 1. The smallest absolute Gasteiger partial charge is 0.195 e. The summed E-state index contributed by atoms with van der Waals surface area (Å²) in [4.78, 5) is 12.9. The zero-order valence-electron chi connectivity index (χ0n) is 22.3. The molecule has 8 aromatic rings. The molecule has 0 amide bonds. The summed E-state index contributed by atoms with van der Waals surface area (Å²) >= 11 is 0. The van der Waals surface area contributed by atoms with Gasteiger partial charge in [0.15, 0.2) is 5.69 Å². The Morgan fingerprint density at radius 2 is 1.38 bits per heavy atom.